The number of hydrogen-bond donors (Lipinski definition) is 0. The van der Waals surface area contributed by atoms with Gasteiger partial charge in [0.25, 0.3) is 22.6 Å². The molecule has 1 aliphatic heterocycles. The summed E-state index contributed by atoms with van der Waals surface area (Å²) in [4.78, 5) is 0. The van der Waals surface area contributed by atoms with Crippen molar-refractivity contribution < 1.29 is 0 Å². The van der Waals surface area contributed by atoms with Gasteiger partial charge in [0.1, 0.15) is 0 Å². The molecule has 0 N–H and O–H groups in total. The maximum absolute atomic E-state index is 2.53. The Morgan fingerprint density at radius 2 is 0.283 bits per heavy atom. The van der Waals surface area contributed by atoms with Gasteiger partial charge in [0.05, 0.1) is 0 Å². The molecule has 6 heteroatoms. The molecule has 0 aromatic rings. The van der Waals surface area contributed by atoms with Gasteiger partial charge in [0.15, 0.2) is 0 Å². The van der Waals surface area contributed by atoms with E-state index in [4.69, 9.17) is 0 Å². The second-order valence-corrected chi connectivity index (χ2v) is 20.0. The first-order valence-electron chi connectivity index (χ1n) is 28.6. The van der Waals surface area contributed by atoms with Gasteiger partial charge in [-0.2, -0.15) is 0 Å². The third kappa shape index (κ3) is 43.3. The van der Waals surface area contributed by atoms with Crippen molar-refractivity contribution in [3.8, 4) is 0 Å². The lowest BCUT2D eigenvalue weighted by Gasteiger charge is -2.40. The first kappa shape index (κ1) is 58.1. The van der Waals surface area contributed by atoms with Crippen LogP contribution in [0.2, 0.25) is 0 Å². The summed E-state index contributed by atoms with van der Waals surface area (Å²) in [5.74, 6) is 0. The highest BCUT2D eigenvalue weighted by atomic mass is 15.3. The molecule has 3 nitrogen and oxygen atoms in total. The zero-order chi connectivity index (χ0) is 42.9. The molecule has 0 amide bonds. The Bertz CT molecular complexity index is 681. The van der Waals surface area contributed by atoms with Crippen molar-refractivity contribution in [2.75, 3.05) is 19.6 Å². The highest BCUT2D eigenvalue weighted by Gasteiger charge is 2.27. The van der Waals surface area contributed by atoms with Crippen LogP contribution in [-0.4, -0.2) is 56.4 Å². The molecule has 0 bridgehead atoms. The standard InChI is InChI=1S/C54H111B3N3/c1-4-7-10-13-16-19-22-25-28-31-34-37-40-43-46-49-52-58-55-59(53-50-47-44-41-38-35-32-29-26-23-20-17-14-11-8-5-2)57-60(56-58)54-51-48-45-42-39-36-33-30-27-24-21-18-15-12-9-6-3/h4-54H2,1-3H3. The molecule has 351 valence electrons. The van der Waals surface area contributed by atoms with E-state index in [0.29, 0.717) is 0 Å². The monoisotopic (exact) mass is 835 g/mol. The SMILES string of the molecule is CCCCCCCCCCCCCCCCCCN1[B]N(CCCCCCCCCCCCCCCCCC)[B]N(CCCCCCCCCCCCCCCCCC)[B]1. The van der Waals surface area contributed by atoms with Crippen LogP contribution in [-0.2, 0) is 0 Å². The summed E-state index contributed by atoms with van der Waals surface area (Å²) in [6.45, 7) is 10.5. The maximum Gasteiger partial charge on any atom is 0.290 e. The summed E-state index contributed by atoms with van der Waals surface area (Å²) in [5, 5.41) is 0. The van der Waals surface area contributed by atoms with Crippen LogP contribution in [0, 0.1) is 0 Å². The average Bonchev–Trinajstić information content (AvgIpc) is 3.26. The van der Waals surface area contributed by atoms with Crippen LogP contribution in [0.1, 0.15) is 329 Å². The fourth-order valence-electron chi connectivity index (χ4n) is 9.53. The van der Waals surface area contributed by atoms with Crippen LogP contribution in [0.4, 0.5) is 0 Å². The van der Waals surface area contributed by atoms with E-state index in [1.807, 2.05) is 0 Å². The zero-order valence-electron chi connectivity index (χ0n) is 42.1. The highest BCUT2D eigenvalue weighted by molar-refractivity contribution is 6.64. The van der Waals surface area contributed by atoms with E-state index in [2.05, 4.69) is 57.6 Å². The van der Waals surface area contributed by atoms with Gasteiger partial charge in [-0.3, -0.25) is 0 Å². The van der Waals surface area contributed by atoms with Crippen molar-refractivity contribution in [1.82, 2.24) is 14.2 Å². The molecule has 0 saturated carbocycles. The summed E-state index contributed by atoms with van der Waals surface area (Å²) in [6.07, 6.45) is 69.1. The summed E-state index contributed by atoms with van der Waals surface area (Å²) >= 11 is 0. The zero-order valence-corrected chi connectivity index (χ0v) is 42.1. The first-order valence-corrected chi connectivity index (χ1v) is 28.6. The van der Waals surface area contributed by atoms with Crippen LogP contribution in [0.25, 0.3) is 0 Å². The van der Waals surface area contributed by atoms with Crippen LogP contribution >= 0.6 is 0 Å². The molecule has 0 spiro atoms. The predicted octanol–water partition coefficient (Wildman–Crippen LogP) is 18.3. The largest absolute Gasteiger partial charge is 0.365 e. The van der Waals surface area contributed by atoms with E-state index < -0.39 is 0 Å². The quantitative estimate of drug-likeness (QED) is 0.0446. The fraction of sp³-hybridized carbons (Fsp3) is 1.00. The number of hydrogen-bond acceptors (Lipinski definition) is 3. The second kappa shape index (κ2) is 50.1. The van der Waals surface area contributed by atoms with Crippen LogP contribution < -0.4 is 0 Å². The van der Waals surface area contributed by atoms with Gasteiger partial charge in [-0.05, 0) is 38.9 Å². The lowest BCUT2D eigenvalue weighted by molar-refractivity contribution is 0.439. The first-order chi connectivity index (χ1) is 29.8. The van der Waals surface area contributed by atoms with E-state index in [1.165, 1.54) is 328 Å². The van der Waals surface area contributed by atoms with Crippen molar-refractivity contribution in [2.45, 2.75) is 329 Å². The third-order valence-corrected chi connectivity index (χ3v) is 13.7. The Balaban J connectivity index is 2.18. The number of rotatable bonds is 51. The molecule has 1 saturated heterocycles. The summed E-state index contributed by atoms with van der Waals surface area (Å²) in [7, 11) is 7.29. The number of nitrogens with zero attached hydrogens (tertiary/aromatic N) is 3. The smallest absolute Gasteiger partial charge is 0.290 e. The van der Waals surface area contributed by atoms with Crippen LogP contribution in [0.5, 0.6) is 0 Å². The topological polar surface area (TPSA) is 9.72 Å². The Labute approximate surface area is 383 Å². The third-order valence-electron chi connectivity index (χ3n) is 13.7. The molecule has 0 unspecified atom stereocenters. The summed E-state index contributed by atoms with van der Waals surface area (Å²) < 4.78 is 7.59. The molecular weight excluding hydrogens is 723 g/mol. The summed E-state index contributed by atoms with van der Waals surface area (Å²) in [6, 6.07) is 0. The number of unbranched alkanes of at least 4 members (excludes halogenated alkanes) is 45. The van der Waals surface area contributed by atoms with Gasteiger partial charge in [-0.25, -0.2) is 0 Å². The lowest BCUT2D eigenvalue weighted by atomic mass is 9.73. The van der Waals surface area contributed by atoms with Gasteiger partial charge < -0.3 is 14.2 Å². The minimum Gasteiger partial charge on any atom is -0.365 e. The molecule has 1 heterocycles. The molecule has 0 aromatic heterocycles. The van der Waals surface area contributed by atoms with E-state index in [0.717, 1.165) is 0 Å². The van der Waals surface area contributed by atoms with Crippen molar-refractivity contribution in [3.63, 3.8) is 0 Å². The van der Waals surface area contributed by atoms with Crippen molar-refractivity contribution >= 4 is 22.6 Å². The molecular formula is C54H111B3N3. The minimum atomic E-state index is 1.18. The Morgan fingerprint density at radius 3 is 0.417 bits per heavy atom. The van der Waals surface area contributed by atoms with E-state index >= 15 is 0 Å². The highest BCUT2D eigenvalue weighted by Crippen LogP contribution is 2.18. The Hall–Kier alpha value is 0.0748. The van der Waals surface area contributed by atoms with Gasteiger partial charge in [0.2, 0.25) is 0 Å². The van der Waals surface area contributed by atoms with Crippen molar-refractivity contribution in [1.29, 1.82) is 0 Å². The van der Waals surface area contributed by atoms with E-state index in [1.54, 1.807) is 0 Å². The lowest BCUT2D eigenvalue weighted by Crippen LogP contribution is -2.61. The molecule has 0 aromatic carbocycles. The van der Waals surface area contributed by atoms with E-state index in [9.17, 15) is 0 Å². The summed E-state index contributed by atoms with van der Waals surface area (Å²) in [5.41, 5.74) is 0. The molecule has 1 fully saturated rings. The second-order valence-electron chi connectivity index (χ2n) is 20.0. The van der Waals surface area contributed by atoms with Crippen LogP contribution in [0.15, 0.2) is 0 Å². The van der Waals surface area contributed by atoms with E-state index in [-0.39, 0.29) is 0 Å². The van der Waals surface area contributed by atoms with Gasteiger partial charge >= 0.3 is 0 Å². The van der Waals surface area contributed by atoms with Gasteiger partial charge in [-0.15, -0.1) is 0 Å². The Kier molecular flexibility index (Phi) is 48.5. The normalized spacial score (nSPS) is 13.8. The van der Waals surface area contributed by atoms with Crippen molar-refractivity contribution in [3.05, 3.63) is 0 Å². The molecule has 0 atom stereocenters. The molecule has 1 aliphatic rings. The average molecular weight is 835 g/mol. The van der Waals surface area contributed by atoms with Crippen LogP contribution in [0.3, 0.4) is 0 Å². The molecule has 1 rings (SSSR count). The maximum atomic E-state index is 2.53. The minimum absolute atomic E-state index is 1.18. The Morgan fingerprint density at radius 1 is 0.167 bits per heavy atom. The predicted molar refractivity (Wildman–Crippen MR) is 276 cm³/mol. The molecule has 0 aliphatic carbocycles. The molecule has 3 radical (unpaired) electrons. The van der Waals surface area contributed by atoms with Crippen molar-refractivity contribution in [2.24, 2.45) is 0 Å². The van der Waals surface area contributed by atoms with Gasteiger partial charge in [-0.1, -0.05) is 310 Å². The molecule has 60 heavy (non-hydrogen) atoms. The van der Waals surface area contributed by atoms with Gasteiger partial charge in [0, 0.05) is 0 Å². The fourth-order valence-corrected chi connectivity index (χ4v) is 9.53.